The summed E-state index contributed by atoms with van der Waals surface area (Å²) in [5.41, 5.74) is 0. The van der Waals surface area contributed by atoms with Crippen molar-refractivity contribution in [1.29, 1.82) is 0 Å². The minimum Gasteiger partial charge on any atom is -0.499 e. The highest BCUT2D eigenvalue weighted by Crippen LogP contribution is 2.14. The molecule has 0 radical (unpaired) electrons. The maximum Gasteiger partial charge on any atom is 0.375 e. The van der Waals surface area contributed by atoms with E-state index in [1.807, 2.05) is 0 Å². The molecule has 0 spiro atoms. The summed E-state index contributed by atoms with van der Waals surface area (Å²) in [7, 11) is 4.35. The SMILES string of the molecule is CC1CN(C)C(C)N1C.O=C(O)/C(O)=C(/O)C(=O)O. The van der Waals surface area contributed by atoms with E-state index in [1.54, 1.807) is 0 Å². The van der Waals surface area contributed by atoms with Crippen molar-refractivity contribution in [2.75, 3.05) is 20.6 Å². The molecule has 2 atom stereocenters. The Hall–Kier alpha value is -1.80. The van der Waals surface area contributed by atoms with E-state index in [4.69, 9.17) is 20.4 Å². The Morgan fingerprint density at radius 2 is 1.32 bits per heavy atom. The zero-order chi connectivity index (χ0) is 15.3. The van der Waals surface area contributed by atoms with Gasteiger partial charge in [-0.2, -0.15) is 0 Å². The molecule has 0 aromatic heterocycles. The van der Waals surface area contributed by atoms with Gasteiger partial charge in [-0.3, -0.25) is 9.80 Å². The Labute approximate surface area is 111 Å². The van der Waals surface area contributed by atoms with E-state index >= 15 is 0 Å². The van der Waals surface area contributed by atoms with Gasteiger partial charge in [0.25, 0.3) is 11.5 Å². The molecule has 1 rings (SSSR count). The summed E-state index contributed by atoms with van der Waals surface area (Å²) < 4.78 is 0. The van der Waals surface area contributed by atoms with Crippen LogP contribution in [0.3, 0.4) is 0 Å². The van der Waals surface area contributed by atoms with Crippen LogP contribution in [-0.2, 0) is 9.59 Å². The van der Waals surface area contributed by atoms with Gasteiger partial charge in [-0.1, -0.05) is 0 Å². The third-order valence-corrected chi connectivity index (χ3v) is 3.10. The molecule has 1 aliphatic heterocycles. The van der Waals surface area contributed by atoms with Crippen LogP contribution < -0.4 is 0 Å². The average Bonchev–Trinajstić information content (AvgIpc) is 2.55. The van der Waals surface area contributed by atoms with Gasteiger partial charge >= 0.3 is 11.9 Å². The average molecular weight is 276 g/mol. The van der Waals surface area contributed by atoms with Gasteiger partial charge in [-0.15, -0.1) is 0 Å². The number of hydrogen-bond acceptors (Lipinski definition) is 6. The second kappa shape index (κ2) is 6.95. The van der Waals surface area contributed by atoms with E-state index < -0.39 is 23.5 Å². The molecule has 1 fully saturated rings. The highest BCUT2D eigenvalue weighted by Gasteiger charge is 2.27. The summed E-state index contributed by atoms with van der Waals surface area (Å²) in [4.78, 5) is 24.2. The van der Waals surface area contributed by atoms with E-state index in [2.05, 4.69) is 37.7 Å². The molecule has 0 bridgehead atoms. The minimum absolute atomic E-state index is 0.625. The van der Waals surface area contributed by atoms with Crippen LogP contribution in [-0.4, -0.2) is 75.0 Å². The molecule has 0 amide bonds. The predicted octanol–water partition coefficient (Wildman–Crippen LogP) is 0.0813. The topological polar surface area (TPSA) is 122 Å². The zero-order valence-corrected chi connectivity index (χ0v) is 11.4. The molecule has 2 unspecified atom stereocenters. The van der Waals surface area contributed by atoms with Crippen molar-refractivity contribution in [3.63, 3.8) is 0 Å². The summed E-state index contributed by atoms with van der Waals surface area (Å²) in [5, 5.41) is 32.2. The molecule has 1 saturated heterocycles. The Morgan fingerprint density at radius 3 is 1.42 bits per heavy atom. The van der Waals surface area contributed by atoms with Gasteiger partial charge in [-0.05, 0) is 27.9 Å². The molecule has 8 nitrogen and oxygen atoms in total. The minimum atomic E-state index is -1.89. The summed E-state index contributed by atoms with van der Waals surface area (Å²) in [6.07, 6.45) is 0.625. The first-order valence-electron chi connectivity index (χ1n) is 5.60. The van der Waals surface area contributed by atoms with E-state index in [1.165, 1.54) is 6.54 Å². The number of aliphatic hydroxyl groups excluding tert-OH is 2. The van der Waals surface area contributed by atoms with Gasteiger partial charge in [0.15, 0.2) is 0 Å². The fraction of sp³-hybridized carbons (Fsp3) is 0.636. The highest BCUT2D eigenvalue weighted by atomic mass is 16.4. The van der Waals surface area contributed by atoms with Gasteiger partial charge in [0.05, 0.1) is 6.17 Å². The van der Waals surface area contributed by atoms with Crippen LogP contribution in [0.4, 0.5) is 0 Å². The second-order valence-electron chi connectivity index (χ2n) is 4.39. The van der Waals surface area contributed by atoms with Gasteiger partial charge in [0, 0.05) is 12.6 Å². The highest BCUT2D eigenvalue weighted by molar-refractivity contribution is 5.94. The van der Waals surface area contributed by atoms with Gasteiger partial charge in [0.1, 0.15) is 0 Å². The van der Waals surface area contributed by atoms with Gasteiger partial charge in [-0.25, -0.2) is 9.59 Å². The molecule has 4 N–H and O–H groups in total. The number of nitrogens with zero attached hydrogens (tertiary/aromatic N) is 2. The lowest BCUT2D eigenvalue weighted by atomic mass is 10.3. The summed E-state index contributed by atoms with van der Waals surface area (Å²) in [6, 6.07) is 0.727. The molecule has 0 aliphatic carbocycles. The smallest absolute Gasteiger partial charge is 0.375 e. The van der Waals surface area contributed by atoms with Crippen LogP contribution in [0.25, 0.3) is 0 Å². The summed E-state index contributed by atoms with van der Waals surface area (Å²) in [5.74, 6) is -6.93. The first kappa shape index (κ1) is 17.2. The number of carboxylic acid groups (broad SMARTS) is 2. The van der Waals surface area contributed by atoms with Crippen molar-refractivity contribution in [3.8, 4) is 0 Å². The zero-order valence-electron chi connectivity index (χ0n) is 11.4. The molecule has 1 heterocycles. The third-order valence-electron chi connectivity index (χ3n) is 3.10. The molecule has 0 saturated carbocycles. The quantitative estimate of drug-likeness (QED) is 0.413. The fourth-order valence-electron chi connectivity index (χ4n) is 1.58. The molecule has 0 aromatic rings. The molecule has 110 valence electrons. The largest absolute Gasteiger partial charge is 0.499 e. The molecule has 19 heavy (non-hydrogen) atoms. The lowest BCUT2D eigenvalue weighted by Gasteiger charge is -2.21. The van der Waals surface area contributed by atoms with Crippen molar-refractivity contribution in [3.05, 3.63) is 11.5 Å². The number of carboxylic acids is 2. The summed E-state index contributed by atoms with van der Waals surface area (Å²) >= 11 is 0. The van der Waals surface area contributed by atoms with Crippen LogP contribution in [0.15, 0.2) is 11.5 Å². The summed E-state index contributed by atoms with van der Waals surface area (Å²) in [6.45, 7) is 5.71. The predicted molar refractivity (Wildman–Crippen MR) is 66.9 cm³/mol. The number of rotatable bonds is 2. The molecule has 8 heteroatoms. The van der Waals surface area contributed by atoms with Gasteiger partial charge < -0.3 is 20.4 Å². The first-order valence-corrected chi connectivity index (χ1v) is 5.60. The van der Waals surface area contributed by atoms with Crippen LogP contribution in [0.1, 0.15) is 13.8 Å². The second-order valence-corrected chi connectivity index (χ2v) is 4.39. The van der Waals surface area contributed by atoms with Crippen LogP contribution in [0.5, 0.6) is 0 Å². The Kier molecular flexibility index (Phi) is 6.30. The van der Waals surface area contributed by atoms with Gasteiger partial charge in [0.2, 0.25) is 0 Å². The maximum atomic E-state index is 9.71. The maximum absolute atomic E-state index is 9.71. The monoisotopic (exact) mass is 276 g/mol. The van der Waals surface area contributed by atoms with Crippen LogP contribution in [0.2, 0.25) is 0 Å². The van der Waals surface area contributed by atoms with Crippen molar-refractivity contribution in [2.24, 2.45) is 0 Å². The van der Waals surface area contributed by atoms with Crippen LogP contribution >= 0.6 is 0 Å². The first-order chi connectivity index (χ1) is 8.59. The Bertz CT molecular complexity index is 347. The van der Waals surface area contributed by atoms with Crippen molar-refractivity contribution < 1.29 is 30.0 Å². The van der Waals surface area contributed by atoms with Crippen LogP contribution in [0, 0.1) is 0 Å². The van der Waals surface area contributed by atoms with E-state index in [0.29, 0.717) is 6.17 Å². The Balaban J connectivity index is 0.000000342. The molecular weight excluding hydrogens is 256 g/mol. The van der Waals surface area contributed by atoms with Crippen molar-refractivity contribution in [2.45, 2.75) is 26.1 Å². The van der Waals surface area contributed by atoms with E-state index in [-0.39, 0.29) is 0 Å². The number of aliphatic hydroxyl groups is 2. The normalized spacial score (nSPS) is 25.3. The lowest BCUT2D eigenvalue weighted by molar-refractivity contribution is -0.140. The lowest BCUT2D eigenvalue weighted by Crippen LogP contribution is -2.32. The number of hydrogen-bond donors (Lipinski definition) is 4. The van der Waals surface area contributed by atoms with E-state index in [9.17, 15) is 9.59 Å². The standard InChI is InChI=1S/C7H16N2.C4H4O6/c1-6-5-8(3)7(2)9(6)4;5-1(3(7)8)2(6)4(9)10/h6-7H,5H2,1-4H3;5-6H,(H,7,8)(H,9,10)/b;2-1-. The molecule has 0 aromatic carbocycles. The molecule has 1 aliphatic rings. The fourth-order valence-corrected chi connectivity index (χ4v) is 1.58. The third kappa shape index (κ3) is 4.76. The van der Waals surface area contributed by atoms with Crippen molar-refractivity contribution >= 4 is 11.9 Å². The number of carbonyl (C=O) groups is 2. The number of likely N-dealkylation sites (N-methyl/N-ethyl adjacent to an activating group) is 2. The molecular formula is C11H20N2O6. The number of aliphatic carboxylic acids is 2. The van der Waals surface area contributed by atoms with E-state index in [0.717, 1.165) is 6.04 Å². The van der Waals surface area contributed by atoms with Crippen molar-refractivity contribution in [1.82, 2.24) is 9.80 Å². The Morgan fingerprint density at radius 1 is 0.947 bits per heavy atom.